The van der Waals surface area contributed by atoms with Crippen molar-refractivity contribution in [3.05, 3.63) is 59.9 Å². The molecule has 0 fully saturated rings. The van der Waals surface area contributed by atoms with Gasteiger partial charge in [-0.1, -0.05) is 30.3 Å². The van der Waals surface area contributed by atoms with Crippen LogP contribution in [0.3, 0.4) is 0 Å². The second-order valence-electron chi connectivity index (χ2n) is 5.27. The van der Waals surface area contributed by atoms with Crippen LogP contribution in [0.25, 0.3) is 0 Å². The van der Waals surface area contributed by atoms with Crippen LogP contribution in [0.1, 0.15) is 24.2 Å². The lowest BCUT2D eigenvalue weighted by Crippen LogP contribution is -2.28. The van der Waals surface area contributed by atoms with E-state index in [1.165, 1.54) is 18.3 Å². The van der Waals surface area contributed by atoms with Crippen molar-refractivity contribution in [1.82, 2.24) is 10.3 Å². The number of aromatic nitrogens is 1. The summed E-state index contributed by atoms with van der Waals surface area (Å²) in [6, 6.07) is 11.9. The number of hydrogen-bond donors (Lipinski definition) is 1. The molecule has 1 heterocycles. The second kappa shape index (κ2) is 7.81. The Bertz CT molecular complexity index is 658. The molecule has 0 saturated heterocycles. The van der Waals surface area contributed by atoms with Crippen molar-refractivity contribution in [3.8, 4) is 5.75 Å². The lowest BCUT2D eigenvalue weighted by atomic mass is 10.1. The van der Waals surface area contributed by atoms with Crippen LogP contribution in [0.15, 0.2) is 48.7 Å². The van der Waals surface area contributed by atoms with Gasteiger partial charge in [0, 0.05) is 0 Å². The maximum Gasteiger partial charge on any atom is 0.422 e. The van der Waals surface area contributed by atoms with Crippen LogP contribution >= 0.6 is 0 Å². The third kappa shape index (κ3) is 5.91. The highest BCUT2D eigenvalue weighted by Crippen LogP contribution is 2.19. The summed E-state index contributed by atoms with van der Waals surface area (Å²) in [5.74, 6) is -0.133. The number of carbonyl (C=O) groups is 1. The minimum atomic E-state index is -4.39. The third-order valence-electron chi connectivity index (χ3n) is 3.19. The van der Waals surface area contributed by atoms with Gasteiger partial charge in [0.2, 0.25) is 5.91 Å². The number of alkyl halides is 3. The van der Waals surface area contributed by atoms with Gasteiger partial charge in [0.25, 0.3) is 0 Å². The molecule has 1 amide bonds. The van der Waals surface area contributed by atoms with Crippen molar-refractivity contribution in [1.29, 1.82) is 0 Å². The fourth-order valence-corrected chi connectivity index (χ4v) is 2.05. The van der Waals surface area contributed by atoms with Crippen LogP contribution in [-0.2, 0) is 11.2 Å². The molecule has 1 aromatic heterocycles. The summed E-state index contributed by atoms with van der Waals surface area (Å²) in [5.41, 5.74) is 1.43. The first-order chi connectivity index (χ1) is 11.3. The van der Waals surface area contributed by atoms with E-state index in [9.17, 15) is 18.0 Å². The van der Waals surface area contributed by atoms with E-state index in [4.69, 9.17) is 0 Å². The number of benzene rings is 1. The van der Waals surface area contributed by atoms with E-state index in [0.717, 1.165) is 5.56 Å². The Balaban J connectivity index is 1.88. The molecule has 7 heteroatoms. The lowest BCUT2D eigenvalue weighted by Gasteiger charge is -2.14. The van der Waals surface area contributed by atoms with Crippen molar-refractivity contribution in [2.75, 3.05) is 6.61 Å². The molecule has 0 radical (unpaired) electrons. The zero-order chi connectivity index (χ0) is 17.6. The smallest absolute Gasteiger partial charge is 0.422 e. The number of ether oxygens (including phenoxy) is 1. The highest BCUT2D eigenvalue weighted by Gasteiger charge is 2.28. The molecule has 1 atom stereocenters. The Morgan fingerprint density at radius 3 is 2.50 bits per heavy atom. The topological polar surface area (TPSA) is 51.2 Å². The number of rotatable bonds is 6. The molecule has 2 rings (SSSR count). The largest absolute Gasteiger partial charge is 0.483 e. The Morgan fingerprint density at radius 1 is 1.21 bits per heavy atom. The van der Waals surface area contributed by atoms with Crippen molar-refractivity contribution in [2.45, 2.75) is 25.6 Å². The number of carbonyl (C=O) groups excluding carboxylic acids is 1. The van der Waals surface area contributed by atoms with E-state index in [0.29, 0.717) is 5.69 Å². The van der Waals surface area contributed by atoms with E-state index >= 15 is 0 Å². The molecule has 0 bridgehead atoms. The van der Waals surface area contributed by atoms with Gasteiger partial charge in [0.05, 0.1) is 24.4 Å². The number of hydrogen-bond acceptors (Lipinski definition) is 3. The molecule has 4 nitrogen and oxygen atoms in total. The minimum absolute atomic E-state index is 0.0267. The molecule has 24 heavy (non-hydrogen) atoms. The zero-order valence-corrected chi connectivity index (χ0v) is 13.0. The summed E-state index contributed by atoms with van der Waals surface area (Å²) in [6.07, 6.45) is -2.93. The van der Waals surface area contributed by atoms with Crippen molar-refractivity contribution in [2.24, 2.45) is 0 Å². The molecule has 0 aliphatic rings. The Kier molecular flexibility index (Phi) is 5.78. The van der Waals surface area contributed by atoms with Gasteiger partial charge >= 0.3 is 6.18 Å². The van der Waals surface area contributed by atoms with Gasteiger partial charge < -0.3 is 10.1 Å². The molecule has 0 spiro atoms. The minimum Gasteiger partial charge on any atom is -0.483 e. The maximum absolute atomic E-state index is 12.1. The molecule has 1 aromatic carbocycles. The lowest BCUT2D eigenvalue weighted by molar-refractivity contribution is -0.153. The standard InChI is InChI=1S/C17H17F3N2O2/c1-12(22-16(23)9-13-5-3-2-4-6-13)15-8-7-14(10-21-15)24-11-17(18,19)20/h2-8,10,12H,9,11H2,1H3,(H,22,23)/t12-/m1/s1. The average molecular weight is 338 g/mol. The summed E-state index contributed by atoms with van der Waals surface area (Å²) in [5, 5.41) is 2.80. The number of pyridine rings is 1. The third-order valence-corrected chi connectivity index (χ3v) is 3.19. The van der Waals surface area contributed by atoms with Crippen LogP contribution in [-0.4, -0.2) is 23.7 Å². The molecule has 1 N–H and O–H groups in total. The Labute approximate surface area is 137 Å². The van der Waals surface area contributed by atoms with Gasteiger partial charge in [-0.25, -0.2) is 0 Å². The number of nitrogens with one attached hydrogen (secondary N) is 1. The number of nitrogens with zero attached hydrogens (tertiary/aromatic N) is 1. The Hall–Kier alpha value is -2.57. The van der Waals surface area contributed by atoms with Crippen LogP contribution < -0.4 is 10.1 Å². The fraction of sp³-hybridized carbons (Fsp3) is 0.294. The van der Waals surface area contributed by atoms with Gasteiger partial charge in [-0.05, 0) is 24.6 Å². The zero-order valence-electron chi connectivity index (χ0n) is 13.0. The van der Waals surface area contributed by atoms with Crippen LogP contribution in [0, 0.1) is 0 Å². The maximum atomic E-state index is 12.1. The Morgan fingerprint density at radius 2 is 1.92 bits per heavy atom. The molecule has 0 aliphatic heterocycles. The summed E-state index contributed by atoms with van der Waals surface area (Å²) in [6.45, 7) is 0.388. The normalized spacial score (nSPS) is 12.5. The van der Waals surface area contributed by atoms with E-state index in [-0.39, 0.29) is 24.1 Å². The highest BCUT2D eigenvalue weighted by molar-refractivity contribution is 5.78. The van der Waals surface area contributed by atoms with Gasteiger partial charge in [-0.2, -0.15) is 13.2 Å². The van der Waals surface area contributed by atoms with Gasteiger partial charge in [-0.3, -0.25) is 9.78 Å². The first-order valence-electron chi connectivity index (χ1n) is 7.32. The number of amides is 1. The van der Waals surface area contributed by atoms with Crippen LogP contribution in [0.4, 0.5) is 13.2 Å². The molecule has 0 saturated carbocycles. The molecule has 128 valence electrons. The first kappa shape index (κ1) is 17.8. The predicted octanol–water partition coefficient (Wildman–Crippen LogP) is 3.44. The average Bonchev–Trinajstić information content (AvgIpc) is 2.53. The molecule has 2 aromatic rings. The van der Waals surface area contributed by atoms with E-state index in [2.05, 4.69) is 15.0 Å². The first-order valence-corrected chi connectivity index (χ1v) is 7.32. The van der Waals surface area contributed by atoms with Crippen molar-refractivity contribution >= 4 is 5.91 Å². The highest BCUT2D eigenvalue weighted by atomic mass is 19.4. The quantitative estimate of drug-likeness (QED) is 0.878. The molecule has 0 aliphatic carbocycles. The van der Waals surface area contributed by atoms with Gasteiger partial charge in [0.15, 0.2) is 6.61 Å². The van der Waals surface area contributed by atoms with Crippen LogP contribution in [0.2, 0.25) is 0 Å². The molecular weight excluding hydrogens is 321 g/mol. The predicted molar refractivity (Wildman–Crippen MR) is 82.5 cm³/mol. The molecule has 0 unspecified atom stereocenters. The van der Waals surface area contributed by atoms with Crippen LogP contribution in [0.5, 0.6) is 5.75 Å². The summed E-state index contributed by atoms with van der Waals surface area (Å²) in [4.78, 5) is 16.0. The van der Waals surface area contributed by atoms with Crippen molar-refractivity contribution in [3.63, 3.8) is 0 Å². The molecular formula is C17H17F3N2O2. The number of halogens is 3. The summed E-state index contributed by atoms with van der Waals surface area (Å²) >= 11 is 0. The van der Waals surface area contributed by atoms with E-state index < -0.39 is 12.8 Å². The fourth-order valence-electron chi connectivity index (χ4n) is 2.05. The van der Waals surface area contributed by atoms with Crippen molar-refractivity contribution < 1.29 is 22.7 Å². The monoisotopic (exact) mass is 338 g/mol. The van der Waals surface area contributed by atoms with Gasteiger partial charge in [-0.15, -0.1) is 0 Å². The summed E-state index contributed by atoms with van der Waals surface area (Å²) in [7, 11) is 0. The van der Waals surface area contributed by atoms with E-state index in [1.54, 1.807) is 6.92 Å². The SMILES string of the molecule is C[C@@H](NC(=O)Cc1ccccc1)c1ccc(OCC(F)(F)F)cn1. The van der Waals surface area contributed by atoms with E-state index in [1.807, 2.05) is 30.3 Å². The van der Waals surface area contributed by atoms with Gasteiger partial charge in [0.1, 0.15) is 5.75 Å². The second-order valence-corrected chi connectivity index (χ2v) is 5.27. The summed E-state index contributed by atoms with van der Waals surface area (Å²) < 4.78 is 40.8.